The number of thiazole rings is 1. The molecular weight excluding hydrogens is 357 g/mol. The highest BCUT2D eigenvalue weighted by atomic mass is 35.5. The van der Waals surface area contributed by atoms with E-state index in [-0.39, 0.29) is 18.3 Å². The maximum Gasteiger partial charge on any atom is 0.228 e. The molecule has 126 valence electrons. The van der Waals surface area contributed by atoms with Gasteiger partial charge in [0.05, 0.1) is 22.2 Å². The summed E-state index contributed by atoms with van der Waals surface area (Å²) < 4.78 is 6.40. The highest BCUT2D eigenvalue weighted by molar-refractivity contribution is 7.18. The molecule has 8 heteroatoms. The average molecular weight is 376 g/mol. The Labute approximate surface area is 150 Å². The van der Waals surface area contributed by atoms with E-state index in [4.69, 9.17) is 22.1 Å². The van der Waals surface area contributed by atoms with Crippen molar-refractivity contribution in [2.45, 2.75) is 19.4 Å². The summed E-state index contributed by atoms with van der Waals surface area (Å²) >= 11 is 7.52. The number of nitrogens with zero attached hydrogens (tertiary/aromatic N) is 1. The molecule has 0 aliphatic carbocycles. The highest BCUT2D eigenvalue weighted by Crippen LogP contribution is 2.30. The molecule has 0 bridgehead atoms. The minimum Gasteiger partial charge on any atom is -0.381 e. The molecule has 2 aromatic rings. The Kier molecular flexibility index (Phi) is 6.22. The van der Waals surface area contributed by atoms with Crippen LogP contribution < -0.4 is 11.1 Å². The van der Waals surface area contributed by atoms with Crippen molar-refractivity contribution in [1.29, 1.82) is 0 Å². The Balaban J connectivity index is 0.00000192. The van der Waals surface area contributed by atoms with E-state index in [0.29, 0.717) is 44.2 Å². The fraction of sp³-hybridized carbons (Fsp3) is 0.467. The lowest BCUT2D eigenvalue weighted by Gasteiger charge is -2.34. The molecule has 5 nitrogen and oxygen atoms in total. The summed E-state index contributed by atoms with van der Waals surface area (Å²) in [6.07, 6.45) is 1.34. The monoisotopic (exact) mass is 375 g/mol. The molecule has 1 aliphatic heterocycles. The zero-order valence-electron chi connectivity index (χ0n) is 12.5. The minimum absolute atomic E-state index is 0. The van der Waals surface area contributed by atoms with Crippen molar-refractivity contribution in [2.24, 2.45) is 11.1 Å². The molecule has 23 heavy (non-hydrogen) atoms. The zero-order chi connectivity index (χ0) is 15.6. The molecule has 3 N–H and O–H groups in total. The summed E-state index contributed by atoms with van der Waals surface area (Å²) in [5, 5.41) is 4.51. The van der Waals surface area contributed by atoms with E-state index in [2.05, 4.69) is 10.3 Å². The summed E-state index contributed by atoms with van der Waals surface area (Å²) in [4.78, 5) is 17.0. The third-order valence-corrected chi connectivity index (χ3v) is 5.39. The Hall–Kier alpha value is -0.920. The van der Waals surface area contributed by atoms with Crippen LogP contribution >= 0.6 is 35.3 Å². The molecule has 1 saturated heterocycles. The first-order chi connectivity index (χ1) is 10.6. The van der Waals surface area contributed by atoms with Crippen molar-refractivity contribution in [3.63, 3.8) is 0 Å². The van der Waals surface area contributed by atoms with E-state index in [0.717, 1.165) is 15.2 Å². The van der Waals surface area contributed by atoms with Gasteiger partial charge in [0.2, 0.25) is 5.91 Å². The van der Waals surface area contributed by atoms with Crippen LogP contribution in [0.2, 0.25) is 5.02 Å². The number of halogens is 2. The number of fused-ring (bicyclic) bond motifs is 1. The molecule has 1 amide bonds. The molecule has 1 aromatic carbocycles. The number of nitrogens with one attached hydrogen (secondary N) is 1. The summed E-state index contributed by atoms with van der Waals surface area (Å²) in [6.45, 7) is 1.94. The third kappa shape index (κ3) is 3.95. The topological polar surface area (TPSA) is 77.2 Å². The minimum atomic E-state index is -0.502. The Morgan fingerprint density at radius 1 is 1.43 bits per heavy atom. The van der Waals surface area contributed by atoms with E-state index in [1.807, 2.05) is 18.2 Å². The van der Waals surface area contributed by atoms with Crippen LogP contribution in [-0.4, -0.2) is 30.6 Å². The van der Waals surface area contributed by atoms with Gasteiger partial charge in [-0.25, -0.2) is 4.98 Å². The quantitative estimate of drug-likeness (QED) is 0.860. The van der Waals surface area contributed by atoms with E-state index in [1.165, 1.54) is 0 Å². The van der Waals surface area contributed by atoms with Crippen LogP contribution in [0, 0.1) is 5.41 Å². The van der Waals surface area contributed by atoms with Crippen molar-refractivity contribution >= 4 is 51.5 Å². The van der Waals surface area contributed by atoms with Crippen molar-refractivity contribution in [1.82, 2.24) is 10.3 Å². The number of amides is 1. The van der Waals surface area contributed by atoms with E-state index in [9.17, 15) is 4.79 Å². The fourth-order valence-electron chi connectivity index (χ4n) is 2.65. The second-order valence-electron chi connectivity index (χ2n) is 5.50. The van der Waals surface area contributed by atoms with Crippen LogP contribution in [0.25, 0.3) is 10.2 Å². The summed E-state index contributed by atoms with van der Waals surface area (Å²) in [5.41, 5.74) is 6.20. The summed E-state index contributed by atoms with van der Waals surface area (Å²) in [6, 6.07) is 5.62. The van der Waals surface area contributed by atoms with Crippen molar-refractivity contribution < 1.29 is 9.53 Å². The molecule has 2 heterocycles. The highest BCUT2D eigenvalue weighted by Gasteiger charge is 2.38. The van der Waals surface area contributed by atoms with Gasteiger partial charge in [-0.3, -0.25) is 4.79 Å². The lowest BCUT2D eigenvalue weighted by atomic mass is 9.79. The van der Waals surface area contributed by atoms with E-state index in [1.54, 1.807) is 11.3 Å². The average Bonchev–Trinajstić information content (AvgIpc) is 2.95. The number of carbonyl (C=O) groups is 1. The van der Waals surface area contributed by atoms with E-state index >= 15 is 0 Å². The van der Waals surface area contributed by atoms with Crippen molar-refractivity contribution in [3.8, 4) is 0 Å². The van der Waals surface area contributed by atoms with Gasteiger partial charge >= 0.3 is 0 Å². The molecular formula is C15H19Cl2N3O2S. The smallest absolute Gasteiger partial charge is 0.228 e. The number of aromatic nitrogens is 1. The Bertz CT molecular complexity index is 686. The van der Waals surface area contributed by atoms with Crippen molar-refractivity contribution in [2.75, 3.05) is 19.8 Å². The Morgan fingerprint density at radius 3 is 2.87 bits per heavy atom. The van der Waals surface area contributed by atoms with Gasteiger partial charge in [0.15, 0.2) is 0 Å². The summed E-state index contributed by atoms with van der Waals surface area (Å²) in [5.74, 6) is -0.00408. The SMILES string of the molecule is Cl.NCC1(C(=O)NCc2nc3cc(Cl)ccc3s2)CCOCC1. The first-order valence-electron chi connectivity index (χ1n) is 7.24. The second kappa shape index (κ2) is 7.77. The zero-order valence-corrected chi connectivity index (χ0v) is 14.9. The van der Waals surface area contributed by atoms with Crippen LogP contribution in [0.5, 0.6) is 0 Å². The number of hydrogen-bond donors (Lipinski definition) is 2. The number of carbonyl (C=O) groups excluding carboxylic acids is 1. The number of ether oxygens (including phenoxy) is 1. The molecule has 0 atom stereocenters. The predicted octanol–water partition coefficient (Wildman–Crippen LogP) is 2.74. The number of nitrogens with two attached hydrogens (primary N) is 1. The molecule has 0 unspecified atom stereocenters. The van der Waals surface area contributed by atoms with Crippen LogP contribution in [0.1, 0.15) is 17.8 Å². The van der Waals surface area contributed by atoms with Gasteiger partial charge in [-0.2, -0.15) is 0 Å². The van der Waals surface area contributed by atoms with Crippen LogP contribution in [0.15, 0.2) is 18.2 Å². The number of benzene rings is 1. The molecule has 3 rings (SSSR count). The standard InChI is InChI=1S/C15H18ClN3O2S.ClH/c16-10-1-2-12-11(7-10)19-13(22-12)8-18-14(20)15(9-17)3-5-21-6-4-15;/h1-2,7H,3-6,8-9,17H2,(H,18,20);1H. The van der Waals surface area contributed by atoms with Crippen LogP contribution in [0.3, 0.4) is 0 Å². The maximum absolute atomic E-state index is 12.5. The van der Waals surface area contributed by atoms with Gasteiger partial charge in [0, 0.05) is 24.8 Å². The van der Waals surface area contributed by atoms with Gasteiger partial charge in [-0.15, -0.1) is 23.7 Å². The van der Waals surface area contributed by atoms with E-state index < -0.39 is 5.41 Å². The molecule has 1 aromatic heterocycles. The molecule has 0 saturated carbocycles. The van der Waals surface area contributed by atoms with Gasteiger partial charge in [0.25, 0.3) is 0 Å². The first-order valence-corrected chi connectivity index (χ1v) is 8.43. The molecule has 1 aliphatic rings. The van der Waals surface area contributed by atoms with Gasteiger partial charge in [-0.05, 0) is 31.0 Å². The normalized spacial score (nSPS) is 16.8. The summed E-state index contributed by atoms with van der Waals surface area (Å²) in [7, 11) is 0. The van der Waals surface area contributed by atoms with Gasteiger partial charge in [0.1, 0.15) is 5.01 Å². The van der Waals surface area contributed by atoms with Gasteiger partial charge in [-0.1, -0.05) is 11.6 Å². The maximum atomic E-state index is 12.5. The van der Waals surface area contributed by atoms with Crippen LogP contribution in [-0.2, 0) is 16.1 Å². The number of hydrogen-bond acceptors (Lipinski definition) is 5. The fourth-order valence-corrected chi connectivity index (χ4v) is 3.71. The second-order valence-corrected chi connectivity index (χ2v) is 7.05. The van der Waals surface area contributed by atoms with Crippen molar-refractivity contribution in [3.05, 3.63) is 28.2 Å². The Morgan fingerprint density at radius 2 is 2.17 bits per heavy atom. The van der Waals surface area contributed by atoms with Crippen LogP contribution in [0.4, 0.5) is 0 Å². The number of rotatable bonds is 4. The first kappa shape index (κ1) is 18.4. The lowest BCUT2D eigenvalue weighted by Crippen LogP contribution is -2.48. The van der Waals surface area contributed by atoms with Gasteiger partial charge < -0.3 is 15.8 Å². The predicted molar refractivity (Wildman–Crippen MR) is 95.3 cm³/mol. The molecule has 1 fully saturated rings. The largest absolute Gasteiger partial charge is 0.381 e. The third-order valence-electron chi connectivity index (χ3n) is 4.12. The lowest BCUT2D eigenvalue weighted by molar-refractivity contribution is -0.136. The molecule has 0 radical (unpaired) electrons. The molecule has 0 spiro atoms.